The zero-order valence-corrected chi connectivity index (χ0v) is 15.6. The largest absolute Gasteiger partial charge is 0.352 e. The maximum atomic E-state index is 12.4. The fraction of sp³-hybridized carbons (Fsp3) is 0.647. The molecular weight excluding hydrogens is 347 g/mol. The van der Waals surface area contributed by atoms with E-state index in [1.165, 1.54) is 5.56 Å². The summed E-state index contributed by atoms with van der Waals surface area (Å²) in [5.41, 5.74) is 6.91. The second kappa shape index (κ2) is 9.56. The molecule has 0 atom stereocenters. The van der Waals surface area contributed by atoms with Crippen LogP contribution < -0.4 is 11.1 Å². The van der Waals surface area contributed by atoms with E-state index in [1.54, 1.807) is 0 Å². The van der Waals surface area contributed by atoms with Crippen LogP contribution in [0, 0.1) is 0 Å². The van der Waals surface area contributed by atoms with Crippen molar-refractivity contribution in [2.24, 2.45) is 5.73 Å². The van der Waals surface area contributed by atoms with Crippen molar-refractivity contribution in [2.75, 3.05) is 13.1 Å². The number of pyridine rings is 1. The van der Waals surface area contributed by atoms with Crippen LogP contribution in [0.3, 0.4) is 0 Å². The van der Waals surface area contributed by atoms with Gasteiger partial charge in [0.05, 0.1) is 5.54 Å². The number of nitrogens with one attached hydrogen (secondary N) is 1. The van der Waals surface area contributed by atoms with Crippen molar-refractivity contribution in [3.8, 4) is 0 Å². The van der Waals surface area contributed by atoms with Crippen molar-refractivity contribution in [3.63, 3.8) is 0 Å². The molecule has 24 heavy (non-hydrogen) atoms. The van der Waals surface area contributed by atoms with Gasteiger partial charge in [-0.2, -0.15) is 0 Å². The summed E-state index contributed by atoms with van der Waals surface area (Å²) >= 11 is 0. The third-order valence-corrected chi connectivity index (χ3v) is 5.03. The summed E-state index contributed by atoms with van der Waals surface area (Å²) in [6, 6.07) is 4.40. The smallest absolute Gasteiger partial charge is 0.240 e. The molecule has 1 saturated heterocycles. The molecule has 0 spiro atoms. The van der Waals surface area contributed by atoms with E-state index < -0.39 is 5.54 Å². The minimum Gasteiger partial charge on any atom is -0.352 e. The third kappa shape index (κ3) is 5.31. The number of hydrogen-bond acceptors (Lipinski definition) is 4. The Morgan fingerprint density at radius 1 is 1.21 bits per heavy atom. The number of amides is 1. The van der Waals surface area contributed by atoms with Gasteiger partial charge in [-0.3, -0.25) is 14.7 Å². The van der Waals surface area contributed by atoms with Crippen LogP contribution in [-0.4, -0.2) is 40.5 Å². The number of hydrogen-bond donors (Lipinski definition) is 2. The molecule has 0 radical (unpaired) electrons. The molecule has 0 unspecified atom stereocenters. The SMILES string of the molecule is Cl.Cl.NC1(C(=O)NC2CCN(Cc3ccncc3)CC2)CCCC1. The standard InChI is InChI=1S/C17H26N4O.2ClH/c18-17(7-1-2-8-17)16(22)20-15-5-11-21(12-6-15)13-14-3-9-19-10-4-14;;/h3-4,9-10,15H,1-2,5-8,11-13,18H2,(H,20,22);2*1H. The Hall–Kier alpha value is -0.880. The van der Waals surface area contributed by atoms with E-state index in [4.69, 9.17) is 5.73 Å². The molecule has 0 aromatic carbocycles. The molecule has 136 valence electrons. The molecule has 2 heterocycles. The Balaban J connectivity index is 0.00000144. The van der Waals surface area contributed by atoms with Gasteiger partial charge in [0.15, 0.2) is 0 Å². The average molecular weight is 375 g/mol. The summed E-state index contributed by atoms with van der Waals surface area (Å²) in [6.45, 7) is 3.00. The van der Waals surface area contributed by atoms with Gasteiger partial charge in [-0.1, -0.05) is 12.8 Å². The Kier molecular flexibility index (Phi) is 8.43. The molecule has 5 nitrogen and oxygen atoms in total. The molecule has 0 bridgehead atoms. The number of piperidine rings is 1. The van der Waals surface area contributed by atoms with Gasteiger partial charge in [0.2, 0.25) is 5.91 Å². The fourth-order valence-corrected chi connectivity index (χ4v) is 3.54. The van der Waals surface area contributed by atoms with Crippen molar-refractivity contribution in [1.29, 1.82) is 0 Å². The molecule has 2 aliphatic rings. The van der Waals surface area contributed by atoms with Crippen molar-refractivity contribution >= 4 is 30.7 Å². The first-order valence-corrected chi connectivity index (χ1v) is 8.37. The zero-order valence-electron chi connectivity index (χ0n) is 13.9. The predicted octanol–water partition coefficient (Wildman–Crippen LogP) is 2.28. The molecule has 1 aliphatic heterocycles. The summed E-state index contributed by atoms with van der Waals surface area (Å²) in [6.07, 6.45) is 9.51. The number of carbonyl (C=O) groups excluding carboxylic acids is 1. The van der Waals surface area contributed by atoms with Crippen LogP contribution in [0.4, 0.5) is 0 Å². The van der Waals surface area contributed by atoms with Crippen molar-refractivity contribution in [3.05, 3.63) is 30.1 Å². The second-order valence-electron chi connectivity index (χ2n) is 6.74. The zero-order chi connectivity index (χ0) is 15.4. The van der Waals surface area contributed by atoms with Crippen LogP contribution in [0.1, 0.15) is 44.1 Å². The van der Waals surface area contributed by atoms with E-state index in [9.17, 15) is 4.79 Å². The van der Waals surface area contributed by atoms with Crippen molar-refractivity contribution in [2.45, 2.75) is 56.7 Å². The molecule has 1 amide bonds. The summed E-state index contributed by atoms with van der Waals surface area (Å²) < 4.78 is 0. The van der Waals surface area contributed by atoms with E-state index >= 15 is 0 Å². The number of nitrogens with zero attached hydrogens (tertiary/aromatic N) is 2. The number of halogens is 2. The maximum absolute atomic E-state index is 12.4. The van der Waals surface area contributed by atoms with Gasteiger partial charge in [0.1, 0.15) is 0 Å². The summed E-state index contributed by atoms with van der Waals surface area (Å²) in [4.78, 5) is 18.8. The van der Waals surface area contributed by atoms with Gasteiger partial charge in [0.25, 0.3) is 0 Å². The van der Waals surface area contributed by atoms with Crippen molar-refractivity contribution < 1.29 is 4.79 Å². The van der Waals surface area contributed by atoms with E-state index in [0.29, 0.717) is 0 Å². The molecule has 1 saturated carbocycles. The van der Waals surface area contributed by atoms with E-state index in [-0.39, 0.29) is 36.8 Å². The monoisotopic (exact) mass is 374 g/mol. The van der Waals surface area contributed by atoms with Crippen LogP contribution in [0.15, 0.2) is 24.5 Å². The highest BCUT2D eigenvalue weighted by Crippen LogP contribution is 2.27. The van der Waals surface area contributed by atoms with Gasteiger partial charge in [-0.25, -0.2) is 0 Å². The number of nitrogens with two attached hydrogens (primary N) is 1. The third-order valence-electron chi connectivity index (χ3n) is 5.03. The number of likely N-dealkylation sites (tertiary alicyclic amines) is 1. The first kappa shape index (κ1) is 21.2. The van der Waals surface area contributed by atoms with E-state index in [1.807, 2.05) is 12.4 Å². The van der Waals surface area contributed by atoms with Gasteiger partial charge >= 0.3 is 0 Å². The Morgan fingerprint density at radius 2 is 1.79 bits per heavy atom. The van der Waals surface area contributed by atoms with Crippen molar-refractivity contribution in [1.82, 2.24) is 15.2 Å². The van der Waals surface area contributed by atoms with Crippen LogP contribution >= 0.6 is 24.8 Å². The topological polar surface area (TPSA) is 71.2 Å². The molecule has 3 rings (SSSR count). The summed E-state index contributed by atoms with van der Waals surface area (Å²) in [5, 5.41) is 3.19. The minimum absolute atomic E-state index is 0. The molecule has 1 aliphatic carbocycles. The number of carbonyl (C=O) groups is 1. The number of aromatic nitrogens is 1. The molecule has 1 aromatic heterocycles. The Bertz CT molecular complexity index is 501. The van der Waals surface area contributed by atoms with Crippen LogP contribution in [0.2, 0.25) is 0 Å². The molecular formula is C17H28Cl2N4O. The molecule has 3 N–H and O–H groups in total. The second-order valence-corrected chi connectivity index (χ2v) is 6.74. The number of rotatable bonds is 4. The maximum Gasteiger partial charge on any atom is 0.240 e. The van der Waals surface area contributed by atoms with Gasteiger partial charge < -0.3 is 11.1 Å². The lowest BCUT2D eigenvalue weighted by Crippen LogP contribution is -2.56. The quantitative estimate of drug-likeness (QED) is 0.847. The molecule has 2 fully saturated rings. The van der Waals surface area contributed by atoms with E-state index in [2.05, 4.69) is 27.3 Å². The summed E-state index contributed by atoms with van der Waals surface area (Å²) in [7, 11) is 0. The highest BCUT2D eigenvalue weighted by molar-refractivity contribution is 5.86. The Morgan fingerprint density at radius 3 is 2.38 bits per heavy atom. The molecule has 1 aromatic rings. The van der Waals surface area contributed by atoms with Crippen LogP contribution in [0.25, 0.3) is 0 Å². The minimum atomic E-state index is -0.603. The lowest BCUT2D eigenvalue weighted by molar-refractivity contribution is -0.127. The average Bonchev–Trinajstić information content (AvgIpc) is 2.98. The van der Waals surface area contributed by atoms with E-state index in [0.717, 1.165) is 58.2 Å². The Labute approximate surface area is 156 Å². The highest BCUT2D eigenvalue weighted by atomic mass is 35.5. The van der Waals surface area contributed by atoms with Crippen LogP contribution in [-0.2, 0) is 11.3 Å². The fourth-order valence-electron chi connectivity index (χ4n) is 3.54. The van der Waals surface area contributed by atoms with Gasteiger partial charge in [0, 0.05) is 38.1 Å². The van der Waals surface area contributed by atoms with Crippen LogP contribution in [0.5, 0.6) is 0 Å². The lowest BCUT2D eigenvalue weighted by Gasteiger charge is -2.34. The normalized spacial score (nSPS) is 20.7. The predicted molar refractivity (Wildman–Crippen MR) is 101 cm³/mol. The van der Waals surface area contributed by atoms with Gasteiger partial charge in [-0.15, -0.1) is 24.8 Å². The first-order chi connectivity index (χ1) is 10.7. The first-order valence-electron chi connectivity index (χ1n) is 8.37. The highest BCUT2D eigenvalue weighted by Gasteiger charge is 2.38. The lowest BCUT2D eigenvalue weighted by atomic mass is 9.96. The van der Waals surface area contributed by atoms with Gasteiger partial charge in [-0.05, 0) is 43.4 Å². The summed E-state index contributed by atoms with van der Waals surface area (Å²) in [5.74, 6) is 0.0672. The molecule has 7 heteroatoms.